The fraction of sp³-hybridized carbons (Fsp3) is 0.0909. The molecule has 1 amide bonds. The Hall–Kier alpha value is -2.60. The molecule has 3 rings (SSSR count). The molecule has 0 aliphatic rings. The first-order valence-electron chi connectivity index (χ1n) is 8.62. The highest BCUT2D eigenvalue weighted by molar-refractivity contribution is 7.17. The number of carbonyl (C=O) groups excluding carboxylic acids is 2. The molecular weight excluding hydrogens is 429 g/mol. The third kappa shape index (κ3) is 4.88. The van der Waals surface area contributed by atoms with Crippen LogP contribution in [0.15, 0.2) is 54.6 Å². The maximum absolute atomic E-state index is 12.5. The molecule has 0 fully saturated rings. The number of carbonyl (C=O) groups is 2. The van der Waals surface area contributed by atoms with Gasteiger partial charge >= 0.3 is 5.97 Å². The highest BCUT2D eigenvalue weighted by Gasteiger charge is 2.24. The van der Waals surface area contributed by atoms with Gasteiger partial charge in [0.05, 0.1) is 17.2 Å². The van der Waals surface area contributed by atoms with E-state index in [2.05, 4.69) is 5.32 Å². The second kappa shape index (κ2) is 9.27. The van der Waals surface area contributed by atoms with Gasteiger partial charge in [-0.3, -0.25) is 4.79 Å². The molecule has 1 heterocycles. The highest BCUT2D eigenvalue weighted by atomic mass is 35.5. The van der Waals surface area contributed by atoms with Gasteiger partial charge in [0.2, 0.25) is 5.91 Å². The monoisotopic (exact) mass is 445 g/mol. The van der Waals surface area contributed by atoms with Crippen molar-refractivity contribution in [1.82, 2.24) is 0 Å². The molecule has 0 unspecified atom stereocenters. The van der Waals surface area contributed by atoms with E-state index in [1.807, 2.05) is 37.3 Å². The van der Waals surface area contributed by atoms with Crippen molar-refractivity contribution in [3.8, 4) is 11.1 Å². The molecule has 0 saturated carbocycles. The number of aryl methyl sites for hydroxylation is 1. The van der Waals surface area contributed by atoms with Crippen LogP contribution in [0.5, 0.6) is 0 Å². The lowest BCUT2D eigenvalue weighted by Crippen LogP contribution is -2.11. The summed E-state index contributed by atoms with van der Waals surface area (Å²) in [7, 11) is 1.32. The van der Waals surface area contributed by atoms with Crippen LogP contribution in [0.1, 0.15) is 20.8 Å². The van der Waals surface area contributed by atoms with Crippen molar-refractivity contribution in [2.75, 3.05) is 12.4 Å². The zero-order valence-electron chi connectivity index (χ0n) is 15.7. The molecule has 29 heavy (non-hydrogen) atoms. The van der Waals surface area contributed by atoms with Crippen molar-refractivity contribution >= 4 is 57.5 Å². The van der Waals surface area contributed by atoms with Gasteiger partial charge < -0.3 is 10.1 Å². The summed E-state index contributed by atoms with van der Waals surface area (Å²) >= 11 is 13.2. The second-order valence-electron chi connectivity index (χ2n) is 6.09. The average Bonchev–Trinajstić information content (AvgIpc) is 3.04. The summed E-state index contributed by atoms with van der Waals surface area (Å²) in [6.07, 6.45) is 2.99. The third-order valence-electron chi connectivity index (χ3n) is 4.14. The number of hydrogen-bond acceptors (Lipinski definition) is 4. The van der Waals surface area contributed by atoms with E-state index < -0.39 is 5.97 Å². The Morgan fingerprint density at radius 2 is 1.79 bits per heavy atom. The van der Waals surface area contributed by atoms with Crippen molar-refractivity contribution in [2.45, 2.75) is 6.92 Å². The number of amides is 1. The van der Waals surface area contributed by atoms with Crippen molar-refractivity contribution in [1.29, 1.82) is 0 Å². The van der Waals surface area contributed by atoms with E-state index in [1.54, 1.807) is 24.3 Å². The van der Waals surface area contributed by atoms with Crippen LogP contribution in [0.25, 0.3) is 17.2 Å². The standard InChI is InChI=1S/C22H17Cl2NO3S/c1-13-19(15-6-4-3-5-7-15)20(22(27)28-2)21(29-13)25-18(26)11-9-14-8-10-16(23)17(24)12-14/h3-12H,1-2H3,(H,25,26). The van der Waals surface area contributed by atoms with Gasteiger partial charge in [0.1, 0.15) is 10.6 Å². The molecule has 0 aliphatic carbocycles. The fourth-order valence-electron chi connectivity index (χ4n) is 2.82. The molecule has 4 nitrogen and oxygen atoms in total. The topological polar surface area (TPSA) is 55.4 Å². The number of thiophene rings is 1. The van der Waals surface area contributed by atoms with Crippen molar-refractivity contribution in [2.24, 2.45) is 0 Å². The molecule has 1 N–H and O–H groups in total. The SMILES string of the molecule is COC(=O)c1c(NC(=O)C=Cc2ccc(Cl)c(Cl)c2)sc(C)c1-c1ccccc1. The van der Waals surface area contributed by atoms with Crippen LogP contribution in [-0.2, 0) is 9.53 Å². The van der Waals surface area contributed by atoms with E-state index in [9.17, 15) is 9.59 Å². The lowest BCUT2D eigenvalue weighted by atomic mass is 10.0. The van der Waals surface area contributed by atoms with E-state index >= 15 is 0 Å². The molecule has 0 spiro atoms. The quantitative estimate of drug-likeness (QED) is 0.361. The van der Waals surface area contributed by atoms with Gasteiger partial charge in [0, 0.05) is 16.5 Å². The van der Waals surface area contributed by atoms with Crippen molar-refractivity contribution in [3.63, 3.8) is 0 Å². The maximum atomic E-state index is 12.5. The van der Waals surface area contributed by atoms with Crippen LogP contribution < -0.4 is 5.32 Å². The number of rotatable bonds is 5. The first-order chi connectivity index (χ1) is 13.9. The molecule has 0 radical (unpaired) electrons. The zero-order chi connectivity index (χ0) is 21.0. The summed E-state index contributed by atoms with van der Waals surface area (Å²) in [6, 6.07) is 14.6. The molecule has 0 saturated heterocycles. The Bertz CT molecular complexity index is 1090. The number of esters is 1. The number of halogens is 2. The van der Waals surface area contributed by atoms with E-state index in [4.69, 9.17) is 27.9 Å². The fourth-order valence-corrected chi connectivity index (χ4v) is 4.20. The van der Waals surface area contributed by atoms with Gasteiger partial charge in [-0.05, 0) is 36.3 Å². The number of hydrogen-bond donors (Lipinski definition) is 1. The predicted octanol–water partition coefficient (Wildman–Crippen LogP) is 6.47. The second-order valence-corrected chi connectivity index (χ2v) is 8.13. The molecular formula is C22H17Cl2NO3S. The average molecular weight is 446 g/mol. The largest absolute Gasteiger partial charge is 0.465 e. The summed E-state index contributed by atoms with van der Waals surface area (Å²) in [5.74, 6) is -0.876. The van der Waals surface area contributed by atoms with Crippen LogP contribution in [-0.4, -0.2) is 19.0 Å². The summed E-state index contributed by atoms with van der Waals surface area (Å²) in [6.45, 7) is 1.90. The Kier molecular flexibility index (Phi) is 6.75. The minimum absolute atomic E-state index is 0.345. The molecule has 148 valence electrons. The van der Waals surface area contributed by atoms with Gasteiger partial charge in [0.15, 0.2) is 0 Å². The molecule has 0 bridgehead atoms. The first-order valence-corrected chi connectivity index (χ1v) is 10.2. The van der Waals surface area contributed by atoms with Crippen LogP contribution >= 0.6 is 34.5 Å². The van der Waals surface area contributed by atoms with Gasteiger partial charge in [-0.15, -0.1) is 11.3 Å². The van der Waals surface area contributed by atoms with Gasteiger partial charge in [-0.25, -0.2) is 4.79 Å². The van der Waals surface area contributed by atoms with Crippen LogP contribution in [0, 0.1) is 6.92 Å². The van der Waals surface area contributed by atoms with Crippen LogP contribution in [0.4, 0.5) is 5.00 Å². The summed E-state index contributed by atoms with van der Waals surface area (Å²) in [5.41, 5.74) is 2.72. The van der Waals surface area contributed by atoms with E-state index in [0.29, 0.717) is 20.6 Å². The third-order valence-corrected chi connectivity index (χ3v) is 5.90. The summed E-state index contributed by atoms with van der Waals surface area (Å²) < 4.78 is 4.96. The Morgan fingerprint density at radius 1 is 1.07 bits per heavy atom. The molecule has 2 aromatic carbocycles. The summed E-state index contributed by atoms with van der Waals surface area (Å²) in [4.78, 5) is 25.8. The van der Waals surface area contributed by atoms with E-state index in [1.165, 1.54) is 24.5 Å². The van der Waals surface area contributed by atoms with Crippen molar-refractivity contribution in [3.05, 3.63) is 80.7 Å². The van der Waals surface area contributed by atoms with Gasteiger partial charge in [0.25, 0.3) is 0 Å². The molecule has 0 aliphatic heterocycles. The summed E-state index contributed by atoms with van der Waals surface area (Å²) in [5, 5.41) is 4.08. The highest BCUT2D eigenvalue weighted by Crippen LogP contribution is 2.40. The van der Waals surface area contributed by atoms with Gasteiger partial charge in [-0.2, -0.15) is 0 Å². The van der Waals surface area contributed by atoms with E-state index in [-0.39, 0.29) is 5.91 Å². The van der Waals surface area contributed by atoms with E-state index in [0.717, 1.165) is 21.6 Å². The molecule has 1 aromatic heterocycles. The smallest absolute Gasteiger partial charge is 0.341 e. The van der Waals surface area contributed by atoms with Gasteiger partial charge in [-0.1, -0.05) is 59.6 Å². The first kappa shape index (κ1) is 21.1. The van der Waals surface area contributed by atoms with Crippen molar-refractivity contribution < 1.29 is 14.3 Å². The number of ether oxygens (including phenoxy) is 1. The number of anilines is 1. The normalized spacial score (nSPS) is 10.9. The lowest BCUT2D eigenvalue weighted by molar-refractivity contribution is -0.111. The molecule has 3 aromatic rings. The maximum Gasteiger partial charge on any atom is 0.341 e. The number of benzene rings is 2. The minimum atomic E-state index is -0.503. The van der Waals surface area contributed by atoms with Crippen LogP contribution in [0.3, 0.4) is 0 Å². The minimum Gasteiger partial charge on any atom is -0.465 e. The predicted molar refractivity (Wildman–Crippen MR) is 120 cm³/mol. The molecule has 7 heteroatoms. The Balaban J connectivity index is 1.90. The number of nitrogens with one attached hydrogen (secondary N) is 1. The zero-order valence-corrected chi connectivity index (χ0v) is 18.0. The molecule has 0 atom stereocenters. The lowest BCUT2D eigenvalue weighted by Gasteiger charge is -2.07. The Morgan fingerprint density at radius 3 is 2.45 bits per heavy atom. The van der Waals surface area contributed by atoms with Crippen LogP contribution in [0.2, 0.25) is 10.0 Å². The number of methoxy groups -OCH3 is 1. The Labute approximate surface area is 182 Å².